The molecule has 2 bridgehead atoms. The standard InChI is InChI=1S/C21H27ClN3.2C2HF3O2.19CH4/c1-25(2,3)7-6-13-8-14-10-15(9-13)20-19(11-14)24-18-12-16(22)4-5-17(18)21(20)23;2*3-2(4,5)1(6)7;;;;;;;;;;;;;;;;;;;/h4-5,8,12,14-15H,6-7,9-11H2,1-3H3,(H2,23,24);2*(H,6,7);19*1H4/q+1;;;;;;;;;;;;;;;;;;;;;/p-1. The molecule has 0 amide bonds. The Bertz CT molecular complexity index is 1240. The molecule has 2 aromatic rings. The number of carboxylic acids is 2. The number of fused-ring (bicyclic) bond motifs is 5. The summed E-state index contributed by atoms with van der Waals surface area (Å²) in [4.78, 5) is 21.2. The average molecular weight is 889 g/mol. The highest BCUT2D eigenvalue weighted by molar-refractivity contribution is 6.31. The van der Waals surface area contributed by atoms with E-state index in [1.54, 1.807) is 5.57 Å². The zero-order valence-electron chi connectivity index (χ0n) is 21.3. The van der Waals surface area contributed by atoms with E-state index in [1.807, 2.05) is 18.2 Å². The maximum absolute atomic E-state index is 10.5. The van der Waals surface area contributed by atoms with Crippen molar-refractivity contribution in [2.75, 3.05) is 33.4 Å². The van der Waals surface area contributed by atoms with Gasteiger partial charge in [0.2, 0.25) is 5.52 Å². The van der Waals surface area contributed by atoms with Crippen LogP contribution in [0.1, 0.15) is 178 Å². The lowest BCUT2D eigenvalue weighted by atomic mass is 9.70. The Morgan fingerprint density at radius 3 is 1.41 bits per heavy atom. The number of pyridine rings is 1. The highest BCUT2D eigenvalue weighted by Gasteiger charge is 2.37. The second-order valence-corrected chi connectivity index (χ2v) is 10.8. The first-order valence-corrected chi connectivity index (χ1v) is 12.1. The molecule has 1 aromatic heterocycles. The van der Waals surface area contributed by atoms with Gasteiger partial charge in [-0.1, -0.05) is 164 Å². The van der Waals surface area contributed by atoms with Crippen molar-refractivity contribution < 1.29 is 55.6 Å². The predicted molar refractivity (Wildman–Crippen MR) is 255 cm³/mol. The quantitative estimate of drug-likeness (QED) is 0.187. The van der Waals surface area contributed by atoms with Crippen molar-refractivity contribution in [3.05, 3.63) is 46.1 Å². The van der Waals surface area contributed by atoms with Gasteiger partial charge < -0.3 is 30.0 Å². The largest absolute Gasteiger partial charge is 0.542 e. The van der Waals surface area contributed by atoms with E-state index in [0.717, 1.165) is 38.9 Å². The van der Waals surface area contributed by atoms with Crippen molar-refractivity contribution >= 4 is 40.1 Å². The van der Waals surface area contributed by atoms with Crippen LogP contribution in [0.2, 0.25) is 5.02 Å². The third kappa shape index (κ3) is 34.9. The Morgan fingerprint density at radius 1 is 0.724 bits per heavy atom. The van der Waals surface area contributed by atoms with Gasteiger partial charge in [-0.15, -0.1) is 0 Å². The van der Waals surface area contributed by atoms with E-state index < -0.39 is 24.3 Å². The van der Waals surface area contributed by atoms with E-state index in [1.165, 1.54) is 30.6 Å². The normalized spacial score (nSPS) is 12.5. The van der Waals surface area contributed by atoms with Crippen LogP contribution in [-0.4, -0.2) is 56.5 Å². The number of nitrogens with zero attached hydrogens (tertiary/aromatic N) is 1. The van der Waals surface area contributed by atoms with Crippen LogP contribution in [0.5, 0.6) is 0 Å². The van der Waals surface area contributed by atoms with Gasteiger partial charge in [-0.3, -0.25) is 0 Å². The molecule has 0 saturated carbocycles. The van der Waals surface area contributed by atoms with Gasteiger partial charge in [-0.2, -0.15) is 26.3 Å². The molecule has 2 aliphatic rings. The number of carbonyl (C=O) groups is 2. The lowest BCUT2D eigenvalue weighted by molar-refractivity contribution is -0.870. The van der Waals surface area contributed by atoms with Gasteiger partial charge in [-0.25, -0.2) is 4.98 Å². The highest BCUT2D eigenvalue weighted by atomic mass is 35.5. The van der Waals surface area contributed by atoms with Crippen LogP contribution in [0.3, 0.4) is 0 Å². The van der Waals surface area contributed by atoms with Crippen LogP contribution >= 0.6 is 11.6 Å². The second kappa shape index (κ2) is 45.0. The summed E-state index contributed by atoms with van der Waals surface area (Å²) in [6.45, 7) is 1.19. The summed E-state index contributed by atoms with van der Waals surface area (Å²) < 4.78 is 64.1. The molecule has 2 aliphatic carbocycles. The van der Waals surface area contributed by atoms with Crippen molar-refractivity contribution in [3.8, 4) is 0 Å². The predicted octanol–water partition coefficient (Wildman–Crippen LogP) is 14.6. The number of aromatic amines is 1. The number of nitrogens with two attached hydrogens (primary N) is 1. The number of hydrogen-bond acceptors (Lipinski definition) is 5. The number of aliphatic carboxylic acids is 2. The lowest BCUT2D eigenvalue weighted by Gasteiger charge is -2.34. The molecule has 1 aromatic carbocycles. The Hall–Kier alpha value is -3.06. The van der Waals surface area contributed by atoms with E-state index in [-0.39, 0.29) is 141 Å². The molecule has 0 fully saturated rings. The third-order valence-corrected chi connectivity index (χ3v) is 6.42. The Kier molecular flexibility index (Phi) is 91.0. The number of carboxylic acid groups (broad SMARTS) is 2. The molecular weight excluding hydrogens is 784 g/mol. The van der Waals surface area contributed by atoms with Gasteiger partial charge in [-0.05, 0) is 36.8 Å². The number of quaternary nitrogens is 1. The summed E-state index contributed by atoms with van der Waals surface area (Å²) in [6, 6.07) is 5.96. The van der Waals surface area contributed by atoms with Crippen LogP contribution < -0.4 is 20.9 Å². The smallest absolute Gasteiger partial charge is 0.430 e. The first kappa shape index (κ1) is 117. The molecule has 2 unspecified atom stereocenters. The van der Waals surface area contributed by atoms with Gasteiger partial charge in [0.05, 0.1) is 38.8 Å². The zero-order valence-corrected chi connectivity index (χ0v) is 22.1. The molecule has 0 radical (unpaired) electrons. The van der Waals surface area contributed by atoms with E-state index in [4.69, 9.17) is 37.1 Å². The third-order valence-electron chi connectivity index (χ3n) is 6.18. The van der Waals surface area contributed by atoms with Crippen LogP contribution in [0.15, 0.2) is 29.8 Å². The number of anilines is 1. The van der Waals surface area contributed by atoms with Gasteiger partial charge in [0.1, 0.15) is 11.9 Å². The Labute approximate surface area is 365 Å². The fraction of sp³-hybridized carbons (Fsp3) is 0.705. The first-order valence-electron chi connectivity index (χ1n) is 11.7. The van der Waals surface area contributed by atoms with Crippen LogP contribution in [0.25, 0.3) is 10.9 Å². The van der Waals surface area contributed by atoms with Crippen molar-refractivity contribution in [1.29, 1.82) is 0 Å². The lowest BCUT2D eigenvalue weighted by Crippen LogP contribution is -2.37. The van der Waals surface area contributed by atoms with Gasteiger partial charge >= 0.3 is 12.4 Å². The minimum absolute atomic E-state index is 0. The molecule has 14 heteroatoms. The van der Waals surface area contributed by atoms with Crippen LogP contribution in [0, 0.1) is 5.92 Å². The number of carbonyl (C=O) groups excluding carboxylic acids is 2. The number of aromatic nitrogens is 1. The molecule has 0 aliphatic heterocycles. The molecule has 0 spiro atoms. The number of H-pyrrole nitrogens is 1. The van der Waals surface area contributed by atoms with E-state index in [2.05, 4.69) is 32.2 Å². The second-order valence-electron chi connectivity index (χ2n) is 10.4. The highest BCUT2D eigenvalue weighted by Crippen LogP contribution is 2.46. The maximum atomic E-state index is 10.5. The number of halogens is 7. The topological polar surface area (TPSA) is 120 Å². The van der Waals surface area contributed by atoms with Crippen LogP contribution in [-0.2, 0) is 16.0 Å². The number of allylic oxidation sites excluding steroid dienone is 1. The number of alkyl halides is 6. The number of rotatable bonds is 3. The molecule has 7 nitrogen and oxygen atoms in total. The average Bonchev–Trinajstić information content (AvgIpc) is 2.76. The molecule has 368 valence electrons. The molecule has 2 atom stereocenters. The first-order chi connectivity index (χ1) is 17.7. The van der Waals surface area contributed by atoms with E-state index >= 15 is 0 Å². The van der Waals surface area contributed by atoms with Crippen molar-refractivity contribution in [2.45, 2.75) is 185 Å². The summed E-state index contributed by atoms with van der Waals surface area (Å²) in [5.74, 6) is -4.82. The van der Waals surface area contributed by atoms with Crippen molar-refractivity contribution in [1.82, 2.24) is 0 Å². The number of benzene rings is 1. The summed E-state index contributed by atoms with van der Waals surface area (Å²) in [5.41, 5.74) is 12.9. The zero-order chi connectivity index (χ0) is 29.9. The molecular formula is C44H104ClF6N3O4. The molecule has 1 heterocycles. The molecule has 0 saturated heterocycles. The Balaban J connectivity index is -0.0000000271. The summed E-state index contributed by atoms with van der Waals surface area (Å²) >= 11 is 6.17. The van der Waals surface area contributed by atoms with Gasteiger partial charge in [0.15, 0.2) is 5.69 Å². The van der Waals surface area contributed by atoms with E-state index in [0.29, 0.717) is 11.8 Å². The van der Waals surface area contributed by atoms with Crippen molar-refractivity contribution in [2.24, 2.45) is 5.92 Å². The Morgan fingerprint density at radius 2 is 1.09 bits per heavy atom. The number of hydrogen-bond donors (Lipinski definition) is 1. The van der Waals surface area contributed by atoms with Gasteiger partial charge in [0.25, 0.3) is 0 Å². The molecule has 3 N–H and O–H groups in total. The van der Waals surface area contributed by atoms with Crippen LogP contribution in [0.4, 0.5) is 32.0 Å². The SMILES string of the molecule is C.C.C.C.C.C.C.C.C.C.C.C.C.C.C.C.C.C.C.C[N+](C)(C)CCC1=CC2Cc3[nH+]c4cc(Cl)ccc4c(N)c3C(C1)C2.O=C([O-])C(F)(F)F.O=C([O-])C(F)(F)F. The fourth-order valence-corrected chi connectivity index (χ4v) is 4.72. The molecule has 58 heavy (non-hydrogen) atoms. The minimum atomic E-state index is -5.19. The summed E-state index contributed by atoms with van der Waals surface area (Å²) in [6.07, 6.45) is -3.20. The van der Waals surface area contributed by atoms with E-state index in [9.17, 15) is 26.3 Å². The molecule has 4 rings (SSSR count). The monoisotopic (exact) mass is 888 g/mol. The van der Waals surface area contributed by atoms with Crippen molar-refractivity contribution in [3.63, 3.8) is 0 Å². The number of nitrogens with one attached hydrogen (secondary N) is 1. The minimum Gasteiger partial charge on any atom is -0.542 e. The summed E-state index contributed by atoms with van der Waals surface area (Å²) in [7, 11) is 6.80. The number of nitrogen functional groups attached to an aromatic ring is 1. The maximum Gasteiger partial charge on any atom is 0.430 e. The summed E-state index contributed by atoms with van der Waals surface area (Å²) in [5, 5.41) is 19.4. The fourth-order valence-electron chi connectivity index (χ4n) is 4.54. The van der Waals surface area contributed by atoms with Gasteiger partial charge in [0, 0.05) is 29.5 Å².